The highest BCUT2D eigenvalue weighted by Crippen LogP contribution is 2.26. The maximum absolute atomic E-state index is 4.55. The molecule has 1 N–H and O–H groups in total. The molecule has 0 bridgehead atoms. The molecule has 3 aromatic heterocycles. The molecular weight excluding hydrogens is 312 g/mol. The van der Waals surface area contributed by atoms with Gasteiger partial charge in [0, 0.05) is 18.0 Å². The molecule has 1 atom stereocenters. The second-order valence-corrected chi connectivity index (χ2v) is 6.00. The van der Waals surface area contributed by atoms with Gasteiger partial charge in [0.15, 0.2) is 0 Å². The van der Waals surface area contributed by atoms with E-state index in [4.69, 9.17) is 0 Å². The summed E-state index contributed by atoms with van der Waals surface area (Å²) in [7, 11) is 0. The summed E-state index contributed by atoms with van der Waals surface area (Å²) in [5.74, 6) is 1.41. The van der Waals surface area contributed by atoms with Crippen LogP contribution in [0.2, 0.25) is 0 Å². The Hall–Kier alpha value is -3.28. The van der Waals surface area contributed by atoms with Crippen LogP contribution in [-0.2, 0) is 0 Å². The molecule has 0 amide bonds. The fourth-order valence-electron chi connectivity index (χ4n) is 2.91. The number of fused-ring (bicyclic) bond motifs is 1. The Labute approximate surface area is 145 Å². The predicted molar refractivity (Wildman–Crippen MR) is 96.4 cm³/mol. The number of benzene rings is 1. The first-order valence-corrected chi connectivity index (χ1v) is 8.12. The summed E-state index contributed by atoms with van der Waals surface area (Å²) in [5.41, 5.74) is 4.17. The molecule has 4 aromatic rings. The highest BCUT2D eigenvalue weighted by molar-refractivity contribution is 5.49. The van der Waals surface area contributed by atoms with Crippen molar-refractivity contribution in [2.45, 2.75) is 19.9 Å². The molecule has 1 aromatic carbocycles. The average molecular weight is 330 g/mol. The predicted octanol–water partition coefficient (Wildman–Crippen LogP) is 3.34. The molecule has 3 heterocycles. The van der Waals surface area contributed by atoms with Gasteiger partial charge in [-0.15, -0.1) is 0 Å². The smallest absolute Gasteiger partial charge is 0.254 e. The summed E-state index contributed by atoms with van der Waals surface area (Å²) in [6, 6.07) is 16.2. The van der Waals surface area contributed by atoms with Crippen LogP contribution in [-0.4, -0.2) is 24.6 Å². The minimum atomic E-state index is -0.102. The van der Waals surface area contributed by atoms with Gasteiger partial charge in [-0.25, -0.2) is 4.98 Å². The number of anilines is 1. The van der Waals surface area contributed by atoms with Gasteiger partial charge in [0.2, 0.25) is 0 Å². The fourth-order valence-corrected chi connectivity index (χ4v) is 2.91. The minimum Gasteiger partial charge on any atom is -0.357 e. The van der Waals surface area contributed by atoms with Gasteiger partial charge < -0.3 is 5.32 Å². The van der Waals surface area contributed by atoms with Crippen molar-refractivity contribution in [1.29, 1.82) is 0 Å². The molecule has 1 unspecified atom stereocenters. The van der Waals surface area contributed by atoms with Gasteiger partial charge in [-0.05, 0) is 31.5 Å². The van der Waals surface area contributed by atoms with Crippen molar-refractivity contribution in [2.24, 2.45) is 0 Å². The molecule has 4 rings (SSSR count). The number of hydrogen-bond donors (Lipinski definition) is 1. The third kappa shape index (κ3) is 3.06. The van der Waals surface area contributed by atoms with Crippen LogP contribution in [0.15, 0.2) is 61.1 Å². The standard InChI is InChI=1S/C19H18N6/c1-13-6-5-7-15(10-13)18(16-8-3-4-9-20-16)24-17-11-14(2)23-19-21-12-22-25(17)19/h3-12,18,24H,1-2H3. The van der Waals surface area contributed by atoms with E-state index in [1.54, 1.807) is 4.52 Å². The Bertz CT molecular complexity index is 1010. The first-order valence-electron chi connectivity index (χ1n) is 8.12. The lowest BCUT2D eigenvalue weighted by molar-refractivity contribution is 0.842. The molecule has 124 valence electrons. The lowest BCUT2D eigenvalue weighted by atomic mass is 10.0. The Kier molecular flexibility index (Phi) is 3.85. The monoisotopic (exact) mass is 330 g/mol. The summed E-state index contributed by atoms with van der Waals surface area (Å²) in [6.45, 7) is 4.04. The molecule has 0 radical (unpaired) electrons. The van der Waals surface area contributed by atoms with Crippen molar-refractivity contribution < 1.29 is 0 Å². The van der Waals surface area contributed by atoms with Gasteiger partial charge in [0.05, 0.1) is 11.7 Å². The van der Waals surface area contributed by atoms with Crippen molar-refractivity contribution in [3.63, 3.8) is 0 Å². The molecule has 6 nitrogen and oxygen atoms in total. The zero-order valence-corrected chi connectivity index (χ0v) is 14.1. The van der Waals surface area contributed by atoms with Gasteiger partial charge in [0.1, 0.15) is 12.1 Å². The van der Waals surface area contributed by atoms with Gasteiger partial charge in [0.25, 0.3) is 5.78 Å². The summed E-state index contributed by atoms with van der Waals surface area (Å²) >= 11 is 0. The SMILES string of the molecule is Cc1cccc(C(Nc2cc(C)nc3ncnn23)c2ccccn2)c1. The minimum absolute atomic E-state index is 0.102. The third-order valence-electron chi connectivity index (χ3n) is 4.03. The van der Waals surface area contributed by atoms with Crippen LogP contribution in [0.25, 0.3) is 5.78 Å². The Balaban J connectivity index is 1.82. The van der Waals surface area contributed by atoms with Crippen molar-refractivity contribution >= 4 is 11.6 Å². The molecule has 25 heavy (non-hydrogen) atoms. The molecule has 6 heteroatoms. The number of nitrogens with zero attached hydrogens (tertiary/aromatic N) is 5. The summed E-state index contributed by atoms with van der Waals surface area (Å²) < 4.78 is 1.71. The van der Waals surface area contributed by atoms with Gasteiger partial charge in [-0.3, -0.25) is 4.98 Å². The number of aromatic nitrogens is 5. The molecule has 0 saturated carbocycles. The lowest BCUT2D eigenvalue weighted by Gasteiger charge is -2.21. The topological polar surface area (TPSA) is 68.0 Å². The van der Waals surface area contributed by atoms with E-state index >= 15 is 0 Å². The molecule has 0 aliphatic carbocycles. The van der Waals surface area contributed by atoms with E-state index in [1.807, 2.05) is 37.4 Å². The van der Waals surface area contributed by atoms with Gasteiger partial charge in [-0.1, -0.05) is 35.9 Å². The summed E-state index contributed by atoms with van der Waals surface area (Å²) in [6.07, 6.45) is 3.32. The molecule has 0 aliphatic heterocycles. The Morgan fingerprint density at radius 3 is 2.72 bits per heavy atom. The van der Waals surface area contributed by atoms with E-state index < -0.39 is 0 Å². The van der Waals surface area contributed by atoms with Gasteiger partial charge >= 0.3 is 0 Å². The normalized spacial score (nSPS) is 12.2. The van der Waals surface area contributed by atoms with Crippen LogP contribution in [0.4, 0.5) is 5.82 Å². The molecule has 0 saturated heterocycles. The van der Waals surface area contributed by atoms with Crippen LogP contribution in [0.3, 0.4) is 0 Å². The van der Waals surface area contributed by atoms with Crippen LogP contribution in [0, 0.1) is 13.8 Å². The van der Waals surface area contributed by atoms with Crippen molar-refractivity contribution in [2.75, 3.05) is 5.32 Å². The summed E-state index contributed by atoms with van der Waals surface area (Å²) in [4.78, 5) is 13.1. The zero-order valence-electron chi connectivity index (χ0n) is 14.1. The maximum Gasteiger partial charge on any atom is 0.254 e. The molecule has 0 aliphatic rings. The van der Waals surface area contributed by atoms with Crippen LogP contribution >= 0.6 is 0 Å². The van der Waals surface area contributed by atoms with E-state index in [-0.39, 0.29) is 6.04 Å². The number of rotatable bonds is 4. The van der Waals surface area contributed by atoms with Crippen LogP contribution in [0.1, 0.15) is 28.6 Å². The van der Waals surface area contributed by atoms with E-state index in [0.29, 0.717) is 5.78 Å². The number of aryl methyl sites for hydroxylation is 2. The Morgan fingerprint density at radius 1 is 1.00 bits per heavy atom. The Morgan fingerprint density at radius 2 is 1.92 bits per heavy atom. The summed E-state index contributed by atoms with van der Waals surface area (Å²) in [5, 5.41) is 7.84. The zero-order chi connectivity index (χ0) is 17.2. The van der Waals surface area contributed by atoms with Crippen molar-refractivity contribution in [1.82, 2.24) is 24.6 Å². The van der Waals surface area contributed by atoms with E-state index in [0.717, 1.165) is 22.8 Å². The van der Waals surface area contributed by atoms with E-state index in [2.05, 4.69) is 56.6 Å². The van der Waals surface area contributed by atoms with Gasteiger partial charge in [-0.2, -0.15) is 14.6 Å². The second-order valence-electron chi connectivity index (χ2n) is 6.00. The first-order chi connectivity index (χ1) is 12.2. The average Bonchev–Trinajstić information content (AvgIpc) is 3.08. The number of hydrogen-bond acceptors (Lipinski definition) is 5. The first kappa shape index (κ1) is 15.3. The lowest BCUT2D eigenvalue weighted by Crippen LogP contribution is -2.16. The van der Waals surface area contributed by atoms with E-state index in [9.17, 15) is 0 Å². The van der Waals surface area contributed by atoms with Crippen LogP contribution in [0.5, 0.6) is 0 Å². The number of nitrogens with one attached hydrogen (secondary N) is 1. The largest absolute Gasteiger partial charge is 0.357 e. The quantitative estimate of drug-likeness (QED) is 0.621. The fraction of sp³-hybridized carbons (Fsp3) is 0.158. The maximum atomic E-state index is 4.55. The second kappa shape index (κ2) is 6.32. The van der Waals surface area contributed by atoms with Crippen molar-refractivity contribution in [3.8, 4) is 0 Å². The number of pyridine rings is 1. The third-order valence-corrected chi connectivity index (χ3v) is 4.03. The van der Waals surface area contributed by atoms with Crippen molar-refractivity contribution in [3.05, 3.63) is 83.6 Å². The molecular formula is C19H18N6. The highest BCUT2D eigenvalue weighted by Gasteiger charge is 2.17. The van der Waals surface area contributed by atoms with Crippen LogP contribution < -0.4 is 5.32 Å². The highest BCUT2D eigenvalue weighted by atomic mass is 15.4. The molecule has 0 spiro atoms. The molecule has 0 fully saturated rings. The van der Waals surface area contributed by atoms with E-state index in [1.165, 1.54) is 11.9 Å².